The van der Waals surface area contributed by atoms with E-state index in [4.69, 9.17) is 4.74 Å². The van der Waals surface area contributed by atoms with Crippen LogP contribution in [0.2, 0.25) is 0 Å². The monoisotopic (exact) mass is 314 g/mol. The number of rotatable bonds is 6. The van der Waals surface area contributed by atoms with E-state index in [0.29, 0.717) is 18.6 Å². The molecule has 1 heterocycles. The molecule has 0 saturated heterocycles. The lowest BCUT2D eigenvalue weighted by Crippen LogP contribution is -2.41. The quantitative estimate of drug-likeness (QED) is 0.816. The van der Waals surface area contributed by atoms with Crippen molar-refractivity contribution in [2.24, 2.45) is 7.05 Å². The number of benzene rings is 1. The number of carbonyl (C=O) groups is 1. The molecule has 2 aromatic rings. The highest BCUT2D eigenvalue weighted by Gasteiger charge is 2.22. The summed E-state index contributed by atoms with van der Waals surface area (Å²) in [5, 5.41) is 0. The van der Waals surface area contributed by atoms with Crippen LogP contribution in [0.4, 0.5) is 0 Å². The fourth-order valence-corrected chi connectivity index (χ4v) is 2.44. The molecule has 0 aliphatic rings. The smallest absolute Gasteiger partial charge is 0.254 e. The normalized spacial score (nSPS) is 12.0. The summed E-state index contributed by atoms with van der Waals surface area (Å²) in [7, 11) is 5.02. The molecule has 0 unspecified atom stereocenters. The Kier molecular flexibility index (Phi) is 5.71. The van der Waals surface area contributed by atoms with E-state index in [1.165, 1.54) is 10.6 Å². The highest BCUT2D eigenvalue weighted by molar-refractivity contribution is 5.94. The fraction of sp³-hybridized carbons (Fsp3) is 0.333. The van der Waals surface area contributed by atoms with Crippen molar-refractivity contribution in [1.29, 1.82) is 0 Å². The summed E-state index contributed by atoms with van der Waals surface area (Å²) in [4.78, 5) is 26.0. The molecule has 122 valence electrons. The molecule has 5 nitrogen and oxygen atoms in total. The maximum absolute atomic E-state index is 12.6. The van der Waals surface area contributed by atoms with Crippen molar-refractivity contribution in [3.8, 4) is 0 Å². The Balaban J connectivity index is 2.19. The van der Waals surface area contributed by atoms with Crippen LogP contribution in [-0.4, -0.2) is 42.2 Å². The maximum atomic E-state index is 12.6. The molecular weight excluding hydrogens is 292 g/mol. The number of nitrogens with zero attached hydrogens (tertiary/aromatic N) is 2. The molecule has 0 fully saturated rings. The van der Waals surface area contributed by atoms with Crippen LogP contribution >= 0.6 is 0 Å². The van der Waals surface area contributed by atoms with Crippen LogP contribution in [0.5, 0.6) is 0 Å². The van der Waals surface area contributed by atoms with Crippen LogP contribution in [0.25, 0.3) is 0 Å². The standard InChI is InChI=1S/C18H22N2O3/c1-19-10-9-15(12-17(19)21)18(22)20(2)16(13-23-3)11-14-7-5-4-6-8-14/h4-10,12,16H,11,13H2,1-3H3/t16-/m0/s1. The third-order valence-electron chi connectivity index (χ3n) is 3.89. The number of pyridine rings is 1. The maximum Gasteiger partial charge on any atom is 0.254 e. The number of ether oxygens (including phenoxy) is 1. The number of hydrogen-bond donors (Lipinski definition) is 0. The first-order valence-electron chi connectivity index (χ1n) is 7.49. The van der Waals surface area contributed by atoms with Gasteiger partial charge in [0.15, 0.2) is 0 Å². The van der Waals surface area contributed by atoms with Crippen molar-refractivity contribution in [2.75, 3.05) is 20.8 Å². The molecule has 0 spiro atoms. The first kappa shape index (κ1) is 17.0. The molecule has 1 aromatic heterocycles. The third kappa shape index (κ3) is 4.29. The van der Waals surface area contributed by atoms with Gasteiger partial charge in [-0.15, -0.1) is 0 Å². The lowest BCUT2D eigenvalue weighted by Gasteiger charge is -2.28. The summed E-state index contributed by atoms with van der Waals surface area (Å²) >= 11 is 0. The lowest BCUT2D eigenvalue weighted by molar-refractivity contribution is 0.0604. The van der Waals surface area contributed by atoms with Gasteiger partial charge in [-0.3, -0.25) is 9.59 Å². The van der Waals surface area contributed by atoms with Crippen LogP contribution < -0.4 is 5.56 Å². The van der Waals surface area contributed by atoms with E-state index in [9.17, 15) is 9.59 Å². The van der Waals surface area contributed by atoms with Crippen molar-refractivity contribution in [1.82, 2.24) is 9.47 Å². The number of aryl methyl sites for hydroxylation is 1. The zero-order chi connectivity index (χ0) is 16.8. The van der Waals surface area contributed by atoms with E-state index in [2.05, 4.69) is 0 Å². The highest BCUT2D eigenvalue weighted by atomic mass is 16.5. The Hall–Kier alpha value is -2.40. The van der Waals surface area contributed by atoms with Gasteiger partial charge in [0.05, 0.1) is 12.6 Å². The minimum atomic E-state index is -0.199. The predicted molar refractivity (Wildman–Crippen MR) is 89.6 cm³/mol. The number of amides is 1. The first-order valence-corrected chi connectivity index (χ1v) is 7.49. The van der Waals surface area contributed by atoms with Crippen LogP contribution in [0.15, 0.2) is 53.5 Å². The first-order chi connectivity index (χ1) is 11.0. The van der Waals surface area contributed by atoms with Gasteiger partial charge in [-0.1, -0.05) is 30.3 Å². The van der Waals surface area contributed by atoms with Crippen molar-refractivity contribution in [3.05, 3.63) is 70.1 Å². The molecule has 0 bridgehead atoms. The number of aromatic nitrogens is 1. The van der Waals surface area contributed by atoms with Gasteiger partial charge in [0.2, 0.25) is 0 Å². The lowest BCUT2D eigenvalue weighted by atomic mass is 10.0. The van der Waals surface area contributed by atoms with E-state index in [1.54, 1.807) is 38.4 Å². The summed E-state index contributed by atoms with van der Waals surface area (Å²) < 4.78 is 6.70. The number of methoxy groups -OCH3 is 1. The van der Waals surface area contributed by atoms with Crippen LogP contribution in [0.3, 0.4) is 0 Å². The minimum Gasteiger partial charge on any atom is -0.383 e. The molecule has 0 radical (unpaired) electrons. The van der Waals surface area contributed by atoms with Crippen molar-refractivity contribution in [2.45, 2.75) is 12.5 Å². The largest absolute Gasteiger partial charge is 0.383 e. The van der Waals surface area contributed by atoms with Gasteiger partial charge < -0.3 is 14.2 Å². The van der Waals surface area contributed by atoms with E-state index in [1.807, 2.05) is 30.3 Å². The summed E-state index contributed by atoms with van der Waals surface area (Å²) in [5.74, 6) is -0.180. The average Bonchev–Trinajstić information content (AvgIpc) is 2.56. The van der Waals surface area contributed by atoms with Gasteiger partial charge in [0.25, 0.3) is 11.5 Å². The number of hydrogen-bond acceptors (Lipinski definition) is 3. The number of carbonyl (C=O) groups excluding carboxylic acids is 1. The molecule has 0 N–H and O–H groups in total. The average molecular weight is 314 g/mol. The van der Waals surface area contributed by atoms with Gasteiger partial charge in [-0.05, 0) is 18.1 Å². The van der Waals surface area contributed by atoms with Gasteiger partial charge in [-0.2, -0.15) is 0 Å². The van der Waals surface area contributed by atoms with Crippen molar-refractivity contribution in [3.63, 3.8) is 0 Å². The molecule has 0 saturated carbocycles. The summed E-state index contributed by atoms with van der Waals surface area (Å²) in [6.45, 7) is 0.433. The Morgan fingerprint density at radius 3 is 2.57 bits per heavy atom. The van der Waals surface area contributed by atoms with Crippen LogP contribution in [0, 0.1) is 0 Å². The van der Waals surface area contributed by atoms with Gasteiger partial charge in [-0.25, -0.2) is 0 Å². The Labute approximate surface area is 136 Å². The van der Waals surface area contributed by atoms with Gasteiger partial charge >= 0.3 is 0 Å². The highest BCUT2D eigenvalue weighted by Crippen LogP contribution is 2.11. The molecular formula is C18H22N2O3. The fourth-order valence-electron chi connectivity index (χ4n) is 2.44. The Bertz CT molecular complexity index is 710. The van der Waals surface area contributed by atoms with E-state index < -0.39 is 0 Å². The second kappa shape index (κ2) is 7.74. The molecule has 1 aromatic carbocycles. The van der Waals surface area contributed by atoms with Crippen LogP contribution in [-0.2, 0) is 18.2 Å². The molecule has 1 amide bonds. The van der Waals surface area contributed by atoms with Gasteiger partial charge in [0, 0.05) is 39.0 Å². The molecule has 5 heteroatoms. The Morgan fingerprint density at radius 2 is 1.96 bits per heavy atom. The zero-order valence-electron chi connectivity index (χ0n) is 13.7. The zero-order valence-corrected chi connectivity index (χ0v) is 13.7. The minimum absolute atomic E-state index is 0.0982. The molecule has 0 aliphatic heterocycles. The van der Waals surface area contributed by atoms with E-state index >= 15 is 0 Å². The second-order valence-electron chi connectivity index (χ2n) is 5.58. The second-order valence-corrected chi connectivity index (χ2v) is 5.58. The van der Waals surface area contributed by atoms with E-state index in [0.717, 1.165) is 5.56 Å². The van der Waals surface area contributed by atoms with Crippen molar-refractivity contribution < 1.29 is 9.53 Å². The van der Waals surface area contributed by atoms with Crippen LogP contribution in [0.1, 0.15) is 15.9 Å². The molecule has 23 heavy (non-hydrogen) atoms. The summed E-state index contributed by atoms with van der Waals surface area (Å²) in [6, 6.07) is 12.9. The molecule has 2 rings (SSSR count). The SMILES string of the molecule is COC[C@H](Cc1ccccc1)N(C)C(=O)c1ccn(C)c(=O)c1. The molecule has 0 aliphatic carbocycles. The number of likely N-dealkylation sites (N-methyl/N-ethyl adjacent to an activating group) is 1. The topological polar surface area (TPSA) is 51.5 Å². The van der Waals surface area contributed by atoms with Crippen molar-refractivity contribution >= 4 is 5.91 Å². The predicted octanol–water partition coefficient (Wildman–Crippen LogP) is 1.72. The Morgan fingerprint density at radius 1 is 1.26 bits per heavy atom. The third-order valence-corrected chi connectivity index (χ3v) is 3.89. The molecule has 1 atom stereocenters. The van der Waals surface area contributed by atoms with E-state index in [-0.39, 0.29) is 17.5 Å². The summed E-state index contributed by atoms with van der Waals surface area (Å²) in [6.07, 6.45) is 2.30. The van der Waals surface area contributed by atoms with Gasteiger partial charge in [0.1, 0.15) is 0 Å². The summed E-state index contributed by atoms with van der Waals surface area (Å²) in [5.41, 5.74) is 1.33.